The van der Waals surface area contributed by atoms with Crippen LogP contribution in [0.5, 0.6) is 0 Å². The molecule has 8 heteroatoms. The van der Waals surface area contributed by atoms with E-state index in [2.05, 4.69) is 6.92 Å². The Morgan fingerprint density at radius 2 is 1.65 bits per heavy atom. The van der Waals surface area contributed by atoms with E-state index >= 15 is 0 Å². The lowest BCUT2D eigenvalue weighted by molar-refractivity contribution is -0.384. The molecule has 0 saturated carbocycles. The molecule has 0 bridgehead atoms. The molecule has 0 aliphatic carbocycles. The second kappa shape index (κ2) is 10.2. The SMILES string of the molecule is CCCCCc1c2ccccc2c(P(=O)(OCC)OCC)n1-c1cccc([N+](=O)[O-])c1. The summed E-state index contributed by atoms with van der Waals surface area (Å²) >= 11 is 0. The monoisotopic (exact) mass is 444 g/mol. The number of nitrogens with zero attached hydrogens (tertiary/aromatic N) is 2. The van der Waals surface area contributed by atoms with Gasteiger partial charge in [-0.3, -0.25) is 14.7 Å². The van der Waals surface area contributed by atoms with E-state index in [-0.39, 0.29) is 18.9 Å². The summed E-state index contributed by atoms with van der Waals surface area (Å²) in [5.41, 5.74) is 1.94. The van der Waals surface area contributed by atoms with Crippen LogP contribution in [0.4, 0.5) is 5.69 Å². The molecule has 166 valence electrons. The molecule has 0 fully saturated rings. The van der Waals surface area contributed by atoms with Crippen LogP contribution < -0.4 is 5.44 Å². The van der Waals surface area contributed by atoms with E-state index in [1.807, 2.05) is 28.8 Å². The molecule has 3 aromatic rings. The highest BCUT2D eigenvalue weighted by atomic mass is 31.2. The third-order valence-electron chi connectivity index (χ3n) is 5.13. The first-order valence-electron chi connectivity index (χ1n) is 10.7. The Hall–Kier alpha value is -2.47. The van der Waals surface area contributed by atoms with Gasteiger partial charge in [-0.1, -0.05) is 50.1 Å². The zero-order chi connectivity index (χ0) is 22.4. The third-order valence-corrected chi connectivity index (χ3v) is 7.29. The second-order valence-corrected chi connectivity index (χ2v) is 9.15. The maximum absolute atomic E-state index is 14.0. The van der Waals surface area contributed by atoms with Crippen LogP contribution in [-0.2, 0) is 20.0 Å². The number of unbranched alkanes of at least 4 members (excludes halogenated alkanes) is 2. The number of nitro groups is 1. The molecule has 1 aromatic heterocycles. The van der Waals surface area contributed by atoms with Gasteiger partial charge in [-0.05, 0) is 32.8 Å². The number of rotatable bonds is 11. The van der Waals surface area contributed by atoms with Crippen molar-refractivity contribution in [1.29, 1.82) is 0 Å². The Morgan fingerprint density at radius 1 is 0.968 bits per heavy atom. The maximum Gasteiger partial charge on any atom is 0.378 e. The lowest BCUT2D eigenvalue weighted by atomic mass is 10.1. The topological polar surface area (TPSA) is 83.6 Å². The highest BCUT2D eigenvalue weighted by molar-refractivity contribution is 7.62. The van der Waals surface area contributed by atoms with Crippen LogP contribution in [0.15, 0.2) is 48.5 Å². The van der Waals surface area contributed by atoms with Crippen molar-refractivity contribution in [3.63, 3.8) is 0 Å². The second-order valence-electron chi connectivity index (χ2n) is 7.22. The predicted octanol–water partition coefficient (Wildman–Crippen LogP) is 6.16. The number of hydrogen-bond donors (Lipinski definition) is 0. The van der Waals surface area contributed by atoms with Crippen LogP contribution >= 0.6 is 7.60 Å². The average molecular weight is 444 g/mol. The number of benzene rings is 2. The summed E-state index contributed by atoms with van der Waals surface area (Å²) < 4.78 is 27.3. The van der Waals surface area contributed by atoms with Crippen molar-refractivity contribution in [3.05, 3.63) is 64.3 Å². The van der Waals surface area contributed by atoms with Gasteiger partial charge in [0.2, 0.25) is 0 Å². The lowest BCUT2D eigenvalue weighted by Gasteiger charge is -2.21. The van der Waals surface area contributed by atoms with E-state index in [1.54, 1.807) is 26.0 Å². The van der Waals surface area contributed by atoms with E-state index in [4.69, 9.17) is 9.05 Å². The summed E-state index contributed by atoms with van der Waals surface area (Å²) in [6.07, 6.45) is 3.82. The minimum absolute atomic E-state index is 0.0247. The Labute approximate surface area is 182 Å². The molecule has 0 spiro atoms. The average Bonchev–Trinajstić information content (AvgIpc) is 3.09. The van der Waals surface area contributed by atoms with Crippen molar-refractivity contribution < 1.29 is 18.5 Å². The molecule has 0 radical (unpaired) electrons. The summed E-state index contributed by atoms with van der Waals surface area (Å²) in [5, 5.41) is 13.2. The summed E-state index contributed by atoms with van der Waals surface area (Å²) in [6, 6.07) is 14.1. The molecule has 31 heavy (non-hydrogen) atoms. The highest BCUT2D eigenvalue weighted by Gasteiger charge is 2.35. The van der Waals surface area contributed by atoms with Crippen LogP contribution in [-0.4, -0.2) is 22.7 Å². The number of aryl methyl sites for hydroxylation is 1. The van der Waals surface area contributed by atoms with Gasteiger partial charge < -0.3 is 13.6 Å². The van der Waals surface area contributed by atoms with Crippen LogP contribution in [0.1, 0.15) is 45.7 Å². The highest BCUT2D eigenvalue weighted by Crippen LogP contribution is 2.50. The molecule has 2 aromatic carbocycles. The summed E-state index contributed by atoms with van der Waals surface area (Å²) in [5.74, 6) is 0. The first-order valence-corrected chi connectivity index (χ1v) is 12.3. The van der Waals surface area contributed by atoms with Crippen molar-refractivity contribution in [3.8, 4) is 5.69 Å². The summed E-state index contributed by atoms with van der Waals surface area (Å²) in [7, 11) is -3.68. The number of nitro benzene ring substituents is 1. The van der Waals surface area contributed by atoms with E-state index in [0.29, 0.717) is 11.1 Å². The van der Waals surface area contributed by atoms with Gasteiger partial charge in [0.1, 0.15) is 5.44 Å². The normalized spacial score (nSPS) is 11.8. The van der Waals surface area contributed by atoms with E-state index < -0.39 is 12.5 Å². The first-order chi connectivity index (χ1) is 15.0. The molecule has 0 aliphatic rings. The fourth-order valence-corrected chi connectivity index (χ4v) is 5.85. The fourth-order valence-electron chi connectivity index (χ4n) is 3.88. The van der Waals surface area contributed by atoms with E-state index in [9.17, 15) is 14.7 Å². The van der Waals surface area contributed by atoms with Crippen molar-refractivity contribution in [2.75, 3.05) is 13.2 Å². The van der Waals surface area contributed by atoms with Gasteiger partial charge >= 0.3 is 7.60 Å². The van der Waals surface area contributed by atoms with E-state index in [1.165, 1.54) is 12.1 Å². The van der Waals surface area contributed by atoms with Crippen molar-refractivity contribution in [2.45, 2.75) is 46.5 Å². The zero-order valence-electron chi connectivity index (χ0n) is 18.2. The van der Waals surface area contributed by atoms with Gasteiger partial charge in [-0.15, -0.1) is 0 Å². The van der Waals surface area contributed by atoms with Crippen LogP contribution in [0.25, 0.3) is 16.5 Å². The van der Waals surface area contributed by atoms with Crippen molar-refractivity contribution in [2.24, 2.45) is 0 Å². The lowest BCUT2D eigenvalue weighted by Crippen LogP contribution is -2.21. The van der Waals surface area contributed by atoms with E-state index in [0.717, 1.165) is 42.1 Å². The minimum atomic E-state index is -3.68. The van der Waals surface area contributed by atoms with Gasteiger partial charge in [0.25, 0.3) is 5.69 Å². The van der Waals surface area contributed by atoms with Gasteiger partial charge in [0.05, 0.1) is 23.8 Å². The summed E-state index contributed by atoms with van der Waals surface area (Å²) in [4.78, 5) is 11.0. The predicted molar refractivity (Wildman–Crippen MR) is 124 cm³/mol. The van der Waals surface area contributed by atoms with Crippen molar-refractivity contribution in [1.82, 2.24) is 4.57 Å². The Morgan fingerprint density at radius 3 is 2.26 bits per heavy atom. The van der Waals surface area contributed by atoms with Crippen molar-refractivity contribution >= 4 is 29.5 Å². The molecular weight excluding hydrogens is 415 g/mol. The van der Waals surface area contributed by atoms with Crippen LogP contribution in [0.2, 0.25) is 0 Å². The maximum atomic E-state index is 14.0. The molecule has 0 saturated heterocycles. The number of fused-ring (bicyclic) bond motifs is 1. The molecule has 1 heterocycles. The Bertz CT molecular complexity index is 1100. The molecule has 0 N–H and O–H groups in total. The molecule has 7 nitrogen and oxygen atoms in total. The number of non-ortho nitro benzene ring substituents is 1. The molecule has 0 amide bonds. The molecular formula is C23H29N2O5P. The van der Waals surface area contributed by atoms with Gasteiger partial charge in [-0.25, -0.2) is 0 Å². The first kappa shape index (κ1) is 23.2. The van der Waals surface area contributed by atoms with Crippen LogP contribution in [0.3, 0.4) is 0 Å². The zero-order valence-corrected chi connectivity index (χ0v) is 19.1. The Balaban J connectivity index is 2.38. The largest absolute Gasteiger partial charge is 0.378 e. The number of hydrogen-bond acceptors (Lipinski definition) is 5. The Kier molecular flexibility index (Phi) is 7.65. The fraction of sp³-hybridized carbons (Fsp3) is 0.391. The quantitative estimate of drug-likeness (QED) is 0.153. The number of aromatic nitrogens is 1. The molecule has 0 unspecified atom stereocenters. The van der Waals surface area contributed by atoms with Gasteiger partial charge in [-0.2, -0.15) is 0 Å². The van der Waals surface area contributed by atoms with Crippen LogP contribution in [0, 0.1) is 10.1 Å². The van der Waals surface area contributed by atoms with Gasteiger partial charge in [0, 0.05) is 28.6 Å². The standard InChI is InChI=1S/C23H29N2O5P/c1-4-7-8-16-22-20-14-9-10-15-21(20)23(31(28,29-5-2)30-6-3)24(22)18-12-11-13-19(17-18)25(26)27/h9-15,17H,4-8,16H2,1-3H3. The summed E-state index contributed by atoms with van der Waals surface area (Å²) in [6.45, 7) is 6.13. The smallest absolute Gasteiger partial charge is 0.306 e. The molecule has 3 rings (SSSR count). The molecule has 0 aliphatic heterocycles. The molecule has 0 atom stereocenters. The third kappa shape index (κ3) is 4.74. The minimum Gasteiger partial charge on any atom is -0.306 e. The van der Waals surface area contributed by atoms with Gasteiger partial charge in [0.15, 0.2) is 0 Å².